The van der Waals surface area contributed by atoms with Crippen molar-refractivity contribution < 1.29 is 9.47 Å². The van der Waals surface area contributed by atoms with Crippen LogP contribution in [0.2, 0.25) is 0 Å². The molecule has 1 aliphatic rings. The highest BCUT2D eigenvalue weighted by molar-refractivity contribution is 5.01. The Labute approximate surface area is 109 Å². The van der Waals surface area contributed by atoms with E-state index < -0.39 is 0 Å². The van der Waals surface area contributed by atoms with E-state index in [-0.39, 0.29) is 0 Å². The van der Waals surface area contributed by atoms with Crippen molar-refractivity contribution in [3.8, 4) is 0 Å². The van der Waals surface area contributed by atoms with Crippen LogP contribution < -0.4 is 0 Å². The molecule has 1 aromatic heterocycles. The molecule has 4 heteroatoms. The minimum absolute atomic E-state index is 0.398. The summed E-state index contributed by atoms with van der Waals surface area (Å²) >= 11 is 0. The van der Waals surface area contributed by atoms with E-state index in [1.54, 1.807) is 13.3 Å². The Morgan fingerprint density at radius 1 is 1.44 bits per heavy atom. The topological polar surface area (TPSA) is 34.6 Å². The Kier molecular flexibility index (Phi) is 5.58. The van der Waals surface area contributed by atoms with Gasteiger partial charge in [0, 0.05) is 26.4 Å². The van der Waals surface area contributed by atoms with Crippen LogP contribution in [0.5, 0.6) is 0 Å². The summed E-state index contributed by atoms with van der Waals surface area (Å²) in [5.41, 5.74) is 0.992. The Balaban J connectivity index is 1.60. The molecule has 0 aliphatic carbocycles. The molecule has 1 atom stereocenters. The maximum Gasteiger partial charge on any atom is 0.0888 e. The molecule has 0 N–H and O–H groups in total. The Morgan fingerprint density at radius 3 is 3.17 bits per heavy atom. The quantitative estimate of drug-likeness (QED) is 0.720. The lowest BCUT2D eigenvalue weighted by molar-refractivity contribution is 0.0157. The summed E-state index contributed by atoms with van der Waals surface area (Å²) in [7, 11) is 1.80. The number of hydrogen-bond donors (Lipinski definition) is 0. The highest BCUT2D eigenvalue weighted by atomic mass is 16.5. The second kappa shape index (κ2) is 7.46. The van der Waals surface area contributed by atoms with E-state index in [9.17, 15) is 0 Å². The number of rotatable bonds is 6. The first-order chi connectivity index (χ1) is 8.88. The molecule has 2 heterocycles. The van der Waals surface area contributed by atoms with Crippen LogP contribution in [-0.2, 0) is 16.1 Å². The number of nitrogens with zero attached hydrogens (tertiary/aromatic N) is 2. The zero-order valence-electron chi connectivity index (χ0n) is 11.0. The largest absolute Gasteiger partial charge is 0.380 e. The Bertz CT molecular complexity index is 332. The third-order valence-electron chi connectivity index (χ3n) is 3.32. The summed E-state index contributed by atoms with van der Waals surface area (Å²) < 4.78 is 11.1. The summed E-state index contributed by atoms with van der Waals surface area (Å²) in [5, 5.41) is 0. The summed E-state index contributed by atoms with van der Waals surface area (Å²) in [5.74, 6) is 0. The van der Waals surface area contributed by atoms with Gasteiger partial charge in [-0.25, -0.2) is 0 Å². The smallest absolute Gasteiger partial charge is 0.0888 e. The molecular formula is C14H22N2O2. The molecule has 18 heavy (non-hydrogen) atoms. The van der Waals surface area contributed by atoms with E-state index in [2.05, 4.69) is 9.88 Å². The zero-order valence-corrected chi connectivity index (χ0v) is 11.0. The van der Waals surface area contributed by atoms with E-state index in [1.807, 2.05) is 18.2 Å². The van der Waals surface area contributed by atoms with Crippen LogP contribution in [0.1, 0.15) is 18.5 Å². The van der Waals surface area contributed by atoms with Crippen molar-refractivity contribution in [1.82, 2.24) is 9.88 Å². The van der Waals surface area contributed by atoms with Crippen molar-refractivity contribution >= 4 is 0 Å². The number of aromatic nitrogens is 1. The van der Waals surface area contributed by atoms with Crippen molar-refractivity contribution in [3.63, 3.8) is 0 Å². The van der Waals surface area contributed by atoms with Crippen LogP contribution in [0, 0.1) is 0 Å². The van der Waals surface area contributed by atoms with Gasteiger partial charge in [0.25, 0.3) is 0 Å². The second-order valence-corrected chi connectivity index (χ2v) is 4.67. The molecular weight excluding hydrogens is 228 g/mol. The minimum atomic E-state index is 0.398. The number of ether oxygens (including phenoxy) is 2. The highest BCUT2D eigenvalue weighted by Crippen LogP contribution is 2.11. The SMILES string of the molecule is COC1CCCN(CCOCc2ccccn2)C1. The van der Waals surface area contributed by atoms with Gasteiger partial charge < -0.3 is 9.47 Å². The molecule has 1 saturated heterocycles. The van der Waals surface area contributed by atoms with Gasteiger partial charge in [-0.15, -0.1) is 0 Å². The molecule has 0 radical (unpaired) electrons. The molecule has 0 bridgehead atoms. The molecule has 0 spiro atoms. The van der Waals surface area contributed by atoms with Gasteiger partial charge >= 0.3 is 0 Å². The van der Waals surface area contributed by atoms with Gasteiger partial charge in [-0.1, -0.05) is 6.07 Å². The number of piperidine rings is 1. The number of hydrogen-bond acceptors (Lipinski definition) is 4. The molecule has 4 nitrogen and oxygen atoms in total. The molecule has 0 saturated carbocycles. The Hall–Kier alpha value is -0.970. The van der Waals surface area contributed by atoms with Gasteiger partial charge in [0.2, 0.25) is 0 Å². The molecule has 0 amide bonds. The summed E-state index contributed by atoms with van der Waals surface area (Å²) in [6, 6.07) is 5.89. The van der Waals surface area contributed by atoms with E-state index in [1.165, 1.54) is 12.8 Å². The number of likely N-dealkylation sites (tertiary alicyclic amines) is 1. The number of pyridine rings is 1. The normalized spacial score (nSPS) is 21.1. The predicted molar refractivity (Wildman–Crippen MR) is 70.4 cm³/mol. The summed E-state index contributed by atoms with van der Waals surface area (Å²) in [6.45, 7) is 4.53. The first-order valence-corrected chi connectivity index (χ1v) is 6.61. The van der Waals surface area contributed by atoms with Gasteiger partial charge in [0.15, 0.2) is 0 Å². The molecule has 1 aromatic rings. The van der Waals surface area contributed by atoms with Crippen LogP contribution in [0.3, 0.4) is 0 Å². The highest BCUT2D eigenvalue weighted by Gasteiger charge is 2.18. The van der Waals surface area contributed by atoms with Crippen LogP contribution in [0.15, 0.2) is 24.4 Å². The lowest BCUT2D eigenvalue weighted by Crippen LogP contribution is -2.40. The summed E-state index contributed by atoms with van der Waals surface area (Å²) in [6.07, 6.45) is 4.60. The van der Waals surface area contributed by atoms with Crippen LogP contribution in [-0.4, -0.2) is 49.3 Å². The van der Waals surface area contributed by atoms with Crippen molar-refractivity contribution in [2.24, 2.45) is 0 Å². The van der Waals surface area contributed by atoms with Crippen molar-refractivity contribution in [3.05, 3.63) is 30.1 Å². The van der Waals surface area contributed by atoms with E-state index in [0.29, 0.717) is 12.7 Å². The summed E-state index contributed by atoms with van der Waals surface area (Å²) in [4.78, 5) is 6.64. The van der Waals surface area contributed by atoms with Gasteiger partial charge in [0.05, 0.1) is 25.0 Å². The fourth-order valence-electron chi connectivity index (χ4n) is 2.26. The van der Waals surface area contributed by atoms with Crippen LogP contribution in [0.25, 0.3) is 0 Å². The van der Waals surface area contributed by atoms with Crippen LogP contribution >= 0.6 is 0 Å². The average Bonchev–Trinajstić information content (AvgIpc) is 2.45. The molecule has 0 aromatic carbocycles. The lowest BCUT2D eigenvalue weighted by atomic mass is 10.1. The molecule has 100 valence electrons. The predicted octanol–water partition coefficient (Wildman–Crippen LogP) is 1.71. The van der Waals surface area contributed by atoms with Gasteiger partial charge in [-0.3, -0.25) is 9.88 Å². The first-order valence-electron chi connectivity index (χ1n) is 6.61. The monoisotopic (exact) mass is 250 g/mol. The molecule has 1 aliphatic heterocycles. The number of methoxy groups -OCH3 is 1. The second-order valence-electron chi connectivity index (χ2n) is 4.67. The maximum absolute atomic E-state index is 5.65. The molecule has 2 rings (SSSR count). The Morgan fingerprint density at radius 2 is 2.39 bits per heavy atom. The first kappa shape index (κ1) is 13.5. The van der Waals surface area contributed by atoms with Gasteiger partial charge in [0.1, 0.15) is 0 Å². The van der Waals surface area contributed by atoms with Crippen molar-refractivity contribution in [2.45, 2.75) is 25.6 Å². The van der Waals surface area contributed by atoms with Crippen molar-refractivity contribution in [1.29, 1.82) is 0 Å². The third kappa shape index (κ3) is 4.37. The molecule has 1 fully saturated rings. The van der Waals surface area contributed by atoms with Gasteiger partial charge in [-0.05, 0) is 31.5 Å². The maximum atomic E-state index is 5.65. The third-order valence-corrected chi connectivity index (χ3v) is 3.32. The van der Waals surface area contributed by atoms with E-state index in [4.69, 9.17) is 9.47 Å². The van der Waals surface area contributed by atoms with Crippen LogP contribution in [0.4, 0.5) is 0 Å². The van der Waals surface area contributed by atoms with E-state index >= 15 is 0 Å². The average molecular weight is 250 g/mol. The van der Waals surface area contributed by atoms with Gasteiger partial charge in [-0.2, -0.15) is 0 Å². The van der Waals surface area contributed by atoms with E-state index in [0.717, 1.165) is 31.9 Å². The fraction of sp³-hybridized carbons (Fsp3) is 0.643. The lowest BCUT2D eigenvalue weighted by Gasteiger charge is -2.31. The standard InChI is InChI=1S/C14H22N2O2/c1-17-14-6-4-8-16(11-14)9-10-18-12-13-5-2-3-7-15-13/h2-3,5,7,14H,4,6,8-12H2,1H3. The minimum Gasteiger partial charge on any atom is -0.380 e. The fourth-order valence-corrected chi connectivity index (χ4v) is 2.26. The molecule has 1 unspecified atom stereocenters. The zero-order chi connectivity index (χ0) is 12.6. The van der Waals surface area contributed by atoms with Crippen molar-refractivity contribution in [2.75, 3.05) is 33.4 Å².